The molecule has 0 unspecified atom stereocenters. The van der Waals surface area contributed by atoms with Gasteiger partial charge in [-0.25, -0.2) is 8.78 Å². The molecule has 0 N–H and O–H groups in total. The van der Waals surface area contributed by atoms with Crippen molar-refractivity contribution >= 4 is 11.6 Å². The number of benzene rings is 2. The maximum absolute atomic E-state index is 13.3. The summed E-state index contributed by atoms with van der Waals surface area (Å²) < 4.78 is 26.3. The molecule has 0 saturated heterocycles. The smallest absolute Gasteiger partial charge is 0.123 e. The van der Waals surface area contributed by atoms with Crippen LogP contribution < -0.4 is 0 Å². The van der Waals surface area contributed by atoms with Crippen LogP contribution in [0.5, 0.6) is 0 Å². The van der Waals surface area contributed by atoms with Gasteiger partial charge in [-0.05, 0) is 53.8 Å². The average molecular weight is 279 g/mol. The largest absolute Gasteiger partial charge is 0.207 e. The molecule has 0 aromatic heterocycles. The minimum atomic E-state index is -0.260. The van der Waals surface area contributed by atoms with Crippen LogP contribution in [0, 0.1) is 11.6 Å². The fourth-order valence-corrected chi connectivity index (χ4v) is 3.11. The maximum Gasteiger partial charge on any atom is 0.123 e. The molecule has 19 heavy (non-hydrogen) atoms. The van der Waals surface area contributed by atoms with Gasteiger partial charge >= 0.3 is 0 Å². The Kier molecular flexibility index (Phi) is 3.28. The molecule has 0 fully saturated rings. The second kappa shape index (κ2) is 4.93. The summed E-state index contributed by atoms with van der Waals surface area (Å²) in [6.45, 7) is 0. The zero-order valence-corrected chi connectivity index (χ0v) is 11.0. The van der Waals surface area contributed by atoms with E-state index in [1.54, 1.807) is 18.2 Å². The van der Waals surface area contributed by atoms with Gasteiger partial charge in [0.05, 0.1) is 5.38 Å². The van der Waals surface area contributed by atoms with Gasteiger partial charge in [-0.3, -0.25) is 0 Å². The van der Waals surface area contributed by atoms with Crippen LogP contribution in [0.15, 0.2) is 42.5 Å². The quantitative estimate of drug-likeness (QED) is 0.631. The Bertz CT molecular complexity index is 592. The van der Waals surface area contributed by atoms with Gasteiger partial charge < -0.3 is 0 Å². The molecule has 0 nitrogen and oxygen atoms in total. The monoisotopic (exact) mass is 278 g/mol. The topological polar surface area (TPSA) is 0 Å². The van der Waals surface area contributed by atoms with Crippen LogP contribution in [0.25, 0.3) is 0 Å². The van der Waals surface area contributed by atoms with Gasteiger partial charge in [-0.15, -0.1) is 11.6 Å². The summed E-state index contributed by atoms with van der Waals surface area (Å²) in [7, 11) is 0. The highest BCUT2D eigenvalue weighted by Crippen LogP contribution is 2.44. The Morgan fingerprint density at radius 2 is 1.53 bits per heavy atom. The highest BCUT2D eigenvalue weighted by molar-refractivity contribution is 6.21. The van der Waals surface area contributed by atoms with E-state index in [1.165, 1.54) is 24.3 Å². The van der Waals surface area contributed by atoms with Crippen molar-refractivity contribution in [2.24, 2.45) is 0 Å². The molecule has 3 heteroatoms. The fraction of sp³-hybridized carbons (Fsp3) is 0.250. The SMILES string of the molecule is Fc1ccc([C@@H]2CC[C@H](Cl)c3cc(F)ccc32)cc1. The first-order valence-electron chi connectivity index (χ1n) is 6.34. The second-order valence-electron chi connectivity index (χ2n) is 4.92. The standard InChI is InChI=1S/C16H13ClF2/c17-16-8-7-13(10-1-3-11(18)4-2-10)14-6-5-12(19)9-15(14)16/h1-6,9,13,16H,7-8H2/t13-,16-/m0/s1. The summed E-state index contributed by atoms with van der Waals surface area (Å²) in [5, 5.41) is -0.137. The van der Waals surface area contributed by atoms with Crippen molar-refractivity contribution in [2.75, 3.05) is 0 Å². The summed E-state index contributed by atoms with van der Waals surface area (Å²) in [5.41, 5.74) is 2.97. The fourth-order valence-electron chi connectivity index (χ4n) is 2.80. The predicted octanol–water partition coefficient (Wildman–Crippen LogP) is 5.17. The summed E-state index contributed by atoms with van der Waals surface area (Å²) in [4.78, 5) is 0. The number of hydrogen-bond donors (Lipinski definition) is 0. The van der Waals surface area contributed by atoms with Crippen molar-refractivity contribution in [1.29, 1.82) is 0 Å². The summed E-state index contributed by atoms with van der Waals surface area (Å²) in [6.07, 6.45) is 1.71. The summed E-state index contributed by atoms with van der Waals surface area (Å²) in [5.74, 6) is -0.329. The molecule has 0 saturated carbocycles. The Balaban J connectivity index is 2.06. The third-order valence-corrected chi connectivity index (χ3v) is 4.20. The first kappa shape index (κ1) is 12.6. The van der Waals surface area contributed by atoms with E-state index in [0.29, 0.717) is 0 Å². The highest BCUT2D eigenvalue weighted by atomic mass is 35.5. The first-order valence-corrected chi connectivity index (χ1v) is 6.77. The lowest BCUT2D eigenvalue weighted by Crippen LogP contribution is -2.13. The van der Waals surface area contributed by atoms with Gasteiger partial charge in [0, 0.05) is 5.92 Å². The van der Waals surface area contributed by atoms with E-state index < -0.39 is 0 Å². The lowest BCUT2D eigenvalue weighted by atomic mass is 9.79. The number of hydrogen-bond acceptors (Lipinski definition) is 0. The summed E-state index contributed by atoms with van der Waals surface area (Å²) >= 11 is 6.27. The molecule has 2 atom stereocenters. The number of alkyl halides is 1. The van der Waals surface area contributed by atoms with Gasteiger partial charge in [-0.1, -0.05) is 18.2 Å². The highest BCUT2D eigenvalue weighted by Gasteiger charge is 2.27. The third kappa shape index (κ3) is 2.37. The van der Waals surface area contributed by atoms with Crippen LogP contribution in [0.4, 0.5) is 8.78 Å². The molecule has 0 amide bonds. The second-order valence-corrected chi connectivity index (χ2v) is 5.45. The molecule has 3 rings (SSSR count). The first-order chi connectivity index (χ1) is 9.15. The van der Waals surface area contributed by atoms with Crippen molar-refractivity contribution in [3.05, 3.63) is 70.8 Å². The average Bonchev–Trinajstić information content (AvgIpc) is 2.41. The zero-order valence-electron chi connectivity index (χ0n) is 10.2. The molecule has 2 aromatic rings. The zero-order chi connectivity index (χ0) is 13.4. The molecule has 1 aliphatic rings. The van der Waals surface area contributed by atoms with Crippen molar-refractivity contribution < 1.29 is 8.78 Å². The van der Waals surface area contributed by atoms with Crippen molar-refractivity contribution in [3.8, 4) is 0 Å². The number of fused-ring (bicyclic) bond motifs is 1. The van der Waals surface area contributed by atoms with E-state index in [2.05, 4.69) is 0 Å². The molecular weight excluding hydrogens is 266 g/mol. The van der Waals surface area contributed by atoms with Crippen molar-refractivity contribution in [1.82, 2.24) is 0 Å². The van der Waals surface area contributed by atoms with Gasteiger partial charge in [-0.2, -0.15) is 0 Å². The van der Waals surface area contributed by atoms with E-state index in [9.17, 15) is 8.78 Å². The van der Waals surface area contributed by atoms with E-state index in [0.717, 1.165) is 29.5 Å². The predicted molar refractivity (Wildman–Crippen MR) is 72.5 cm³/mol. The van der Waals surface area contributed by atoms with E-state index in [4.69, 9.17) is 11.6 Å². The Hall–Kier alpha value is -1.41. The molecule has 0 radical (unpaired) electrons. The normalized spacial score (nSPS) is 22.1. The summed E-state index contributed by atoms with van der Waals surface area (Å²) in [6, 6.07) is 11.3. The molecule has 0 aliphatic heterocycles. The number of rotatable bonds is 1. The molecular formula is C16H13ClF2. The van der Waals surface area contributed by atoms with E-state index in [-0.39, 0.29) is 22.9 Å². The third-order valence-electron chi connectivity index (χ3n) is 3.74. The van der Waals surface area contributed by atoms with Crippen LogP contribution >= 0.6 is 11.6 Å². The minimum Gasteiger partial charge on any atom is -0.207 e. The van der Waals surface area contributed by atoms with Crippen LogP contribution in [0.1, 0.15) is 40.8 Å². The minimum absolute atomic E-state index is 0.137. The Morgan fingerprint density at radius 1 is 0.842 bits per heavy atom. The van der Waals surface area contributed by atoms with E-state index in [1.807, 2.05) is 0 Å². The lowest BCUT2D eigenvalue weighted by Gasteiger charge is -2.29. The van der Waals surface area contributed by atoms with Gasteiger partial charge in [0.25, 0.3) is 0 Å². The Morgan fingerprint density at radius 3 is 2.26 bits per heavy atom. The van der Waals surface area contributed by atoms with Gasteiger partial charge in [0.2, 0.25) is 0 Å². The molecule has 0 heterocycles. The molecule has 0 spiro atoms. The van der Waals surface area contributed by atoms with Crippen LogP contribution in [0.3, 0.4) is 0 Å². The molecule has 0 bridgehead atoms. The van der Waals surface area contributed by atoms with Crippen molar-refractivity contribution in [2.45, 2.75) is 24.1 Å². The van der Waals surface area contributed by atoms with Crippen LogP contribution in [0.2, 0.25) is 0 Å². The van der Waals surface area contributed by atoms with Crippen LogP contribution in [-0.4, -0.2) is 0 Å². The van der Waals surface area contributed by atoms with Gasteiger partial charge in [0.1, 0.15) is 11.6 Å². The van der Waals surface area contributed by atoms with Gasteiger partial charge in [0.15, 0.2) is 0 Å². The Labute approximate surface area is 116 Å². The lowest BCUT2D eigenvalue weighted by molar-refractivity contribution is 0.581. The number of halogens is 3. The maximum atomic E-state index is 13.3. The molecule has 2 aromatic carbocycles. The molecule has 1 aliphatic carbocycles. The van der Waals surface area contributed by atoms with Crippen molar-refractivity contribution in [3.63, 3.8) is 0 Å². The van der Waals surface area contributed by atoms with E-state index >= 15 is 0 Å². The molecule has 98 valence electrons. The van der Waals surface area contributed by atoms with Crippen LogP contribution in [-0.2, 0) is 0 Å².